The molecule has 112 valence electrons. The maximum atomic E-state index is 6.31. The van der Waals surface area contributed by atoms with E-state index in [1.807, 2.05) is 42.5 Å². The lowest BCUT2D eigenvalue weighted by atomic mass is 10.1. The van der Waals surface area contributed by atoms with E-state index in [-0.39, 0.29) is 0 Å². The van der Waals surface area contributed by atoms with Crippen LogP contribution in [0.1, 0.15) is 0 Å². The Morgan fingerprint density at radius 2 is 1.35 bits per heavy atom. The molecule has 4 aromatic rings. The second kappa shape index (κ2) is 5.73. The molecule has 0 spiro atoms. The number of pyridine rings is 1. The van der Waals surface area contributed by atoms with Crippen LogP contribution in [0.4, 0.5) is 11.4 Å². The number of hydrogen-bond acceptors (Lipinski definition) is 2. The highest BCUT2D eigenvalue weighted by molar-refractivity contribution is 6.35. The minimum Gasteiger partial charge on any atom is -0.353 e. The molecule has 0 fully saturated rings. The van der Waals surface area contributed by atoms with Crippen LogP contribution in [0.25, 0.3) is 21.8 Å². The molecule has 0 amide bonds. The zero-order valence-electron chi connectivity index (χ0n) is 12.1. The Hall–Kier alpha value is -2.29. The maximum absolute atomic E-state index is 6.31. The van der Waals surface area contributed by atoms with E-state index >= 15 is 0 Å². The Bertz CT molecular complexity index is 974. The van der Waals surface area contributed by atoms with Gasteiger partial charge in [-0.3, -0.25) is 0 Å². The van der Waals surface area contributed by atoms with E-state index in [1.54, 1.807) is 12.1 Å². The maximum Gasteiger partial charge on any atom is 0.0730 e. The molecule has 1 heterocycles. The summed E-state index contributed by atoms with van der Waals surface area (Å²) in [6, 6.07) is 21.5. The molecule has 4 rings (SSSR count). The standard InChI is InChI=1S/C19H12Cl2N2/c20-12-9-10-15(21)18(11-12)23-19-13-5-1-3-7-16(13)22-17-8-4-2-6-14(17)19/h1-11H,(H,22,23). The minimum absolute atomic E-state index is 0.624. The molecule has 1 aromatic heterocycles. The van der Waals surface area contributed by atoms with Crippen LogP contribution < -0.4 is 5.32 Å². The first-order chi connectivity index (χ1) is 11.2. The lowest BCUT2D eigenvalue weighted by Crippen LogP contribution is -1.96. The number of para-hydroxylation sites is 2. The molecular weight excluding hydrogens is 327 g/mol. The van der Waals surface area contributed by atoms with Crippen molar-refractivity contribution in [1.82, 2.24) is 4.98 Å². The molecule has 0 bridgehead atoms. The van der Waals surface area contributed by atoms with Crippen molar-refractivity contribution in [2.24, 2.45) is 0 Å². The van der Waals surface area contributed by atoms with Gasteiger partial charge in [-0.15, -0.1) is 0 Å². The summed E-state index contributed by atoms with van der Waals surface area (Å²) in [5.74, 6) is 0. The number of benzene rings is 3. The molecule has 0 aliphatic rings. The molecule has 0 aliphatic carbocycles. The molecule has 0 saturated carbocycles. The van der Waals surface area contributed by atoms with Gasteiger partial charge in [0.25, 0.3) is 0 Å². The van der Waals surface area contributed by atoms with E-state index in [0.29, 0.717) is 10.0 Å². The SMILES string of the molecule is Clc1ccc(Cl)c(Nc2c3ccccc3nc3ccccc23)c1. The first-order valence-corrected chi connectivity index (χ1v) is 7.97. The van der Waals surface area contributed by atoms with Crippen molar-refractivity contribution in [3.63, 3.8) is 0 Å². The fourth-order valence-electron chi connectivity index (χ4n) is 2.70. The van der Waals surface area contributed by atoms with Gasteiger partial charge in [-0.1, -0.05) is 59.6 Å². The van der Waals surface area contributed by atoms with Gasteiger partial charge < -0.3 is 5.32 Å². The Labute approximate surface area is 143 Å². The van der Waals surface area contributed by atoms with Gasteiger partial charge in [0.15, 0.2) is 0 Å². The molecule has 2 nitrogen and oxygen atoms in total. The van der Waals surface area contributed by atoms with Crippen molar-refractivity contribution in [3.8, 4) is 0 Å². The summed E-state index contributed by atoms with van der Waals surface area (Å²) < 4.78 is 0. The monoisotopic (exact) mass is 338 g/mol. The topological polar surface area (TPSA) is 24.9 Å². The predicted octanol–water partition coefficient (Wildman–Crippen LogP) is 6.44. The van der Waals surface area contributed by atoms with Gasteiger partial charge >= 0.3 is 0 Å². The number of halogens is 2. The average Bonchev–Trinajstić information content (AvgIpc) is 2.58. The van der Waals surface area contributed by atoms with E-state index in [9.17, 15) is 0 Å². The molecule has 0 saturated heterocycles. The Morgan fingerprint density at radius 3 is 2.00 bits per heavy atom. The van der Waals surface area contributed by atoms with Crippen LogP contribution >= 0.6 is 23.2 Å². The number of aromatic nitrogens is 1. The van der Waals surface area contributed by atoms with Crippen molar-refractivity contribution in [3.05, 3.63) is 76.8 Å². The summed E-state index contributed by atoms with van der Waals surface area (Å²) in [6.45, 7) is 0. The zero-order chi connectivity index (χ0) is 15.8. The number of nitrogens with zero attached hydrogens (tertiary/aromatic N) is 1. The largest absolute Gasteiger partial charge is 0.353 e. The number of hydrogen-bond donors (Lipinski definition) is 1. The van der Waals surface area contributed by atoms with Gasteiger partial charge in [0, 0.05) is 15.8 Å². The Kier molecular flexibility index (Phi) is 3.56. The van der Waals surface area contributed by atoms with Crippen molar-refractivity contribution in [2.75, 3.05) is 5.32 Å². The lowest BCUT2D eigenvalue weighted by Gasteiger charge is -2.14. The first-order valence-electron chi connectivity index (χ1n) is 7.22. The molecule has 4 heteroatoms. The van der Waals surface area contributed by atoms with E-state index in [0.717, 1.165) is 33.2 Å². The third kappa shape index (κ3) is 2.61. The summed E-state index contributed by atoms with van der Waals surface area (Å²) in [7, 11) is 0. The van der Waals surface area contributed by atoms with Crippen LogP contribution in [-0.2, 0) is 0 Å². The van der Waals surface area contributed by atoms with Crippen LogP contribution in [0.5, 0.6) is 0 Å². The summed E-state index contributed by atoms with van der Waals surface area (Å²) >= 11 is 12.4. The van der Waals surface area contributed by atoms with E-state index in [2.05, 4.69) is 17.4 Å². The quantitative estimate of drug-likeness (QED) is 0.425. The highest BCUT2D eigenvalue weighted by atomic mass is 35.5. The minimum atomic E-state index is 0.624. The summed E-state index contributed by atoms with van der Waals surface area (Å²) in [4.78, 5) is 4.72. The van der Waals surface area contributed by atoms with Gasteiger partial charge in [-0.05, 0) is 30.3 Å². The number of nitrogens with one attached hydrogen (secondary N) is 1. The fourth-order valence-corrected chi connectivity index (χ4v) is 3.04. The van der Waals surface area contributed by atoms with Gasteiger partial charge in [-0.2, -0.15) is 0 Å². The first kappa shape index (κ1) is 14.3. The fraction of sp³-hybridized carbons (Fsp3) is 0. The Balaban J connectivity index is 2.01. The van der Waals surface area contributed by atoms with Gasteiger partial charge in [0.05, 0.1) is 27.4 Å². The van der Waals surface area contributed by atoms with Crippen molar-refractivity contribution in [1.29, 1.82) is 0 Å². The van der Waals surface area contributed by atoms with Crippen LogP contribution in [-0.4, -0.2) is 4.98 Å². The molecule has 0 radical (unpaired) electrons. The Morgan fingerprint density at radius 1 is 0.739 bits per heavy atom. The molecule has 0 unspecified atom stereocenters. The van der Waals surface area contributed by atoms with Crippen LogP contribution in [0.2, 0.25) is 10.0 Å². The summed E-state index contributed by atoms with van der Waals surface area (Å²) in [6.07, 6.45) is 0. The van der Waals surface area contributed by atoms with E-state index < -0.39 is 0 Å². The average molecular weight is 339 g/mol. The third-order valence-electron chi connectivity index (χ3n) is 3.78. The van der Waals surface area contributed by atoms with Gasteiger partial charge in [0.1, 0.15) is 0 Å². The van der Waals surface area contributed by atoms with Crippen LogP contribution in [0.3, 0.4) is 0 Å². The van der Waals surface area contributed by atoms with Crippen molar-refractivity contribution < 1.29 is 0 Å². The van der Waals surface area contributed by atoms with Crippen molar-refractivity contribution >= 4 is 56.4 Å². The number of fused-ring (bicyclic) bond motifs is 2. The smallest absolute Gasteiger partial charge is 0.0730 e. The molecule has 1 N–H and O–H groups in total. The number of anilines is 2. The van der Waals surface area contributed by atoms with Gasteiger partial charge in [-0.25, -0.2) is 4.98 Å². The normalized spacial score (nSPS) is 11.0. The summed E-state index contributed by atoms with van der Waals surface area (Å²) in [5, 5.41) is 6.79. The zero-order valence-corrected chi connectivity index (χ0v) is 13.6. The second-order valence-electron chi connectivity index (χ2n) is 5.27. The molecular formula is C19H12Cl2N2. The molecule has 3 aromatic carbocycles. The molecule has 23 heavy (non-hydrogen) atoms. The summed E-state index contributed by atoms with van der Waals surface area (Å²) in [5.41, 5.74) is 3.63. The number of rotatable bonds is 2. The lowest BCUT2D eigenvalue weighted by molar-refractivity contribution is 1.48. The highest BCUT2D eigenvalue weighted by Gasteiger charge is 2.10. The third-order valence-corrected chi connectivity index (χ3v) is 4.34. The molecule has 0 atom stereocenters. The van der Waals surface area contributed by atoms with E-state index in [4.69, 9.17) is 28.2 Å². The predicted molar refractivity (Wildman–Crippen MR) is 99.0 cm³/mol. The van der Waals surface area contributed by atoms with Crippen molar-refractivity contribution in [2.45, 2.75) is 0 Å². The van der Waals surface area contributed by atoms with E-state index in [1.165, 1.54) is 0 Å². The van der Waals surface area contributed by atoms with Gasteiger partial charge in [0.2, 0.25) is 0 Å². The van der Waals surface area contributed by atoms with Crippen LogP contribution in [0, 0.1) is 0 Å². The van der Waals surface area contributed by atoms with Crippen LogP contribution in [0.15, 0.2) is 66.7 Å². The molecule has 0 aliphatic heterocycles. The highest BCUT2D eigenvalue weighted by Crippen LogP contribution is 2.35. The second-order valence-corrected chi connectivity index (χ2v) is 6.11.